The maximum absolute atomic E-state index is 10.8. The van der Waals surface area contributed by atoms with Gasteiger partial charge in [0.05, 0.1) is 18.3 Å². The standard InChI is InChI=1S/C11H11N3O2/c1-8-3-5-9(6-4-8)10-7-13(2)12-11(10)14(15)16/h3-7H,1-2H3. The van der Waals surface area contributed by atoms with Crippen LogP contribution in [-0.4, -0.2) is 14.7 Å². The molecule has 0 N–H and O–H groups in total. The van der Waals surface area contributed by atoms with E-state index >= 15 is 0 Å². The second-order valence-electron chi connectivity index (χ2n) is 3.66. The van der Waals surface area contributed by atoms with E-state index in [0.717, 1.165) is 11.1 Å². The lowest BCUT2D eigenvalue weighted by Gasteiger charge is -1.98. The van der Waals surface area contributed by atoms with Crippen LogP contribution in [0.4, 0.5) is 5.82 Å². The first-order valence-electron chi connectivity index (χ1n) is 4.83. The zero-order valence-corrected chi connectivity index (χ0v) is 9.04. The van der Waals surface area contributed by atoms with Gasteiger partial charge in [-0.05, 0) is 17.4 Å². The molecule has 5 nitrogen and oxygen atoms in total. The fourth-order valence-corrected chi connectivity index (χ4v) is 1.55. The highest BCUT2D eigenvalue weighted by atomic mass is 16.6. The summed E-state index contributed by atoms with van der Waals surface area (Å²) in [5.41, 5.74) is 2.48. The molecular formula is C11H11N3O2. The van der Waals surface area contributed by atoms with Gasteiger partial charge >= 0.3 is 5.82 Å². The Kier molecular flexibility index (Phi) is 2.44. The molecule has 0 fully saturated rings. The zero-order valence-electron chi connectivity index (χ0n) is 9.04. The van der Waals surface area contributed by atoms with Gasteiger partial charge in [-0.3, -0.25) is 0 Å². The predicted octanol–water partition coefficient (Wildman–Crippen LogP) is 2.30. The van der Waals surface area contributed by atoms with E-state index in [1.807, 2.05) is 31.2 Å². The van der Waals surface area contributed by atoms with Crippen LogP contribution >= 0.6 is 0 Å². The van der Waals surface area contributed by atoms with Gasteiger partial charge in [0.2, 0.25) is 0 Å². The van der Waals surface area contributed by atoms with Gasteiger partial charge in [0.25, 0.3) is 0 Å². The van der Waals surface area contributed by atoms with Gasteiger partial charge in [-0.15, -0.1) is 0 Å². The van der Waals surface area contributed by atoms with Crippen molar-refractivity contribution in [2.24, 2.45) is 7.05 Å². The summed E-state index contributed by atoms with van der Waals surface area (Å²) in [5, 5.41) is 14.6. The first-order valence-corrected chi connectivity index (χ1v) is 4.83. The monoisotopic (exact) mass is 217 g/mol. The Balaban J connectivity index is 2.55. The molecule has 2 rings (SSSR count). The summed E-state index contributed by atoms with van der Waals surface area (Å²) in [6.45, 7) is 1.97. The smallest absolute Gasteiger partial charge is 0.358 e. The van der Waals surface area contributed by atoms with Gasteiger partial charge in [0.15, 0.2) is 0 Å². The molecule has 0 saturated carbocycles. The van der Waals surface area contributed by atoms with Crippen LogP contribution in [0.25, 0.3) is 11.1 Å². The average molecular weight is 217 g/mol. The van der Waals surface area contributed by atoms with Crippen molar-refractivity contribution in [2.75, 3.05) is 0 Å². The number of aryl methyl sites for hydroxylation is 2. The first-order chi connectivity index (χ1) is 7.58. The van der Waals surface area contributed by atoms with Gasteiger partial charge in [-0.25, -0.2) is 0 Å². The molecule has 0 amide bonds. The Labute approximate surface area is 92.5 Å². The molecule has 1 heterocycles. The number of nitrogens with zero attached hydrogens (tertiary/aromatic N) is 3. The molecular weight excluding hydrogens is 206 g/mol. The van der Waals surface area contributed by atoms with E-state index in [-0.39, 0.29) is 5.82 Å². The second-order valence-corrected chi connectivity index (χ2v) is 3.66. The summed E-state index contributed by atoms with van der Waals surface area (Å²) in [4.78, 5) is 10.3. The van der Waals surface area contributed by atoms with Gasteiger partial charge in [-0.2, -0.15) is 4.68 Å². The lowest BCUT2D eigenvalue weighted by molar-refractivity contribution is -0.389. The van der Waals surface area contributed by atoms with E-state index in [0.29, 0.717) is 5.56 Å². The molecule has 82 valence electrons. The molecule has 16 heavy (non-hydrogen) atoms. The van der Waals surface area contributed by atoms with Gasteiger partial charge < -0.3 is 10.1 Å². The van der Waals surface area contributed by atoms with Crippen molar-refractivity contribution in [1.29, 1.82) is 0 Å². The summed E-state index contributed by atoms with van der Waals surface area (Å²) in [6, 6.07) is 7.57. The largest absolute Gasteiger partial charge is 0.397 e. The number of benzene rings is 1. The van der Waals surface area contributed by atoms with Crippen LogP contribution in [0.5, 0.6) is 0 Å². The Morgan fingerprint density at radius 1 is 1.31 bits per heavy atom. The minimum Gasteiger partial charge on any atom is -0.358 e. The minimum absolute atomic E-state index is 0.105. The lowest BCUT2D eigenvalue weighted by atomic mass is 10.1. The van der Waals surface area contributed by atoms with Crippen molar-refractivity contribution < 1.29 is 4.92 Å². The van der Waals surface area contributed by atoms with Gasteiger partial charge in [0, 0.05) is 0 Å². The van der Waals surface area contributed by atoms with E-state index in [4.69, 9.17) is 0 Å². The van der Waals surface area contributed by atoms with Crippen LogP contribution in [0.15, 0.2) is 30.5 Å². The summed E-state index contributed by atoms with van der Waals surface area (Å²) in [6.07, 6.45) is 1.66. The number of hydrogen-bond acceptors (Lipinski definition) is 3. The fraction of sp³-hybridized carbons (Fsp3) is 0.182. The van der Waals surface area contributed by atoms with E-state index < -0.39 is 4.92 Å². The average Bonchev–Trinajstić information content (AvgIpc) is 2.61. The quantitative estimate of drug-likeness (QED) is 0.572. The van der Waals surface area contributed by atoms with Crippen LogP contribution in [-0.2, 0) is 7.05 Å². The highest BCUT2D eigenvalue weighted by Crippen LogP contribution is 2.28. The van der Waals surface area contributed by atoms with Crippen LogP contribution in [0.2, 0.25) is 0 Å². The van der Waals surface area contributed by atoms with Crippen molar-refractivity contribution in [2.45, 2.75) is 6.92 Å². The molecule has 1 aromatic carbocycles. The number of hydrogen-bond donors (Lipinski definition) is 0. The van der Waals surface area contributed by atoms with Crippen molar-refractivity contribution in [3.05, 3.63) is 46.1 Å². The molecule has 0 aliphatic carbocycles. The molecule has 0 unspecified atom stereocenters. The SMILES string of the molecule is Cc1ccc(-c2cn(C)nc2[N+](=O)[O-])cc1. The number of aromatic nitrogens is 2. The molecule has 0 saturated heterocycles. The molecule has 1 aromatic heterocycles. The van der Waals surface area contributed by atoms with Crippen molar-refractivity contribution in [3.8, 4) is 11.1 Å². The Morgan fingerprint density at radius 3 is 2.50 bits per heavy atom. The summed E-state index contributed by atoms with van der Waals surface area (Å²) in [5.74, 6) is -0.105. The molecule has 2 aromatic rings. The maximum Gasteiger partial charge on any atom is 0.397 e. The minimum atomic E-state index is -0.463. The van der Waals surface area contributed by atoms with Gasteiger partial charge in [-0.1, -0.05) is 29.8 Å². The van der Waals surface area contributed by atoms with Crippen LogP contribution < -0.4 is 0 Å². The first kappa shape index (κ1) is 10.4. The van der Waals surface area contributed by atoms with Crippen molar-refractivity contribution in [1.82, 2.24) is 9.78 Å². The topological polar surface area (TPSA) is 61.0 Å². The van der Waals surface area contributed by atoms with E-state index in [2.05, 4.69) is 5.10 Å². The van der Waals surface area contributed by atoms with Gasteiger partial charge in [0.1, 0.15) is 5.56 Å². The number of nitro groups is 1. The Bertz CT molecular complexity index is 529. The predicted molar refractivity (Wildman–Crippen MR) is 60.0 cm³/mol. The third-order valence-electron chi connectivity index (χ3n) is 2.34. The van der Waals surface area contributed by atoms with Crippen LogP contribution in [0, 0.1) is 17.0 Å². The lowest BCUT2D eigenvalue weighted by Crippen LogP contribution is -1.92. The second kappa shape index (κ2) is 3.77. The van der Waals surface area contributed by atoms with Crippen molar-refractivity contribution >= 4 is 5.82 Å². The normalized spacial score (nSPS) is 10.4. The zero-order chi connectivity index (χ0) is 11.7. The highest BCUT2D eigenvalue weighted by Gasteiger charge is 2.20. The summed E-state index contributed by atoms with van der Waals surface area (Å²) >= 11 is 0. The third-order valence-corrected chi connectivity index (χ3v) is 2.34. The van der Waals surface area contributed by atoms with E-state index in [1.54, 1.807) is 13.2 Å². The molecule has 0 atom stereocenters. The highest BCUT2D eigenvalue weighted by molar-refractivity contribution is 5.70. The molecule has 0 aliphatic rings. The Hall–Kier alpha value is -2.17. The Morgan fingerprint density at radius 2 is 1.94 bits per heavy atom. The maximum atomic E-state index is 10.8. The fourth-order valence-electron chi connectivity index (χ4n) is 1.55. The molecule has 0 radical (unpaired) electrons. The summed E-state index contributed by atoms with van der Waals surface area (Å²) < 4.78 is 1.45. The van der Waals surface area contributed by atoms with Crippen LogP contribution in [0.1, 0.15) is 5.56 Å². The molecule has 0 aliphatic heterocycles. The van der Waals surface area contributed by atoms with E-state index in [1.165, 1.54) is 4.68 Å². The summed E-state index contributed by atoms with van der Waals surface area (Å²) in [7, 11) is 1.67. The van der Waals surface area contributed by atoms with Crippen molar-refractivity contribution in [3.63, 3.8) is 0 Å². The third kappa shape index (κ3) is 1.79. The van der Waals surface area contributed by atoms with E-state index in [9.17, 15) is 10.1 Å². The molecule has 5 heteroatoms. The number of rotatable bonds is 2. The molecule has 0 spiro atoms. The van der Waals surface area contributed by atoms with Crippen LogP contribution in [0.3, 0.4) is 0 Å². The molecule has 0 bridgehead atoms.